The molecule has 7 nitrogen and oxygen atoms in total. The average molecular weight is 309 g/mol. The number of thiol groups is 1. The summed E-state index contributed by atoms with van der Waals surface area (Å²) in [5, 5.41) is 17.7. The number of aromatic carboxylic acids is 1. The van der Waals surface area contributed by atoms with E-state index in [9.17, 15) is 13.2 Å². The van der Waals surface area contributed by atoms with E-state index in [1.54, 1.807) is 0 Å². The van der Waals surface area contributed by atoms with Crippen molar-refractivity contribution in [2.24, 2.45) is 0 Å². The van der Waals surface area contributed by atoms with Crippen LogP contribution in [0.3, 0.4) is 0 Å². The molecule has 1 heterocycles. The zero-order valence-electron chi connectivity index (χ0n) is 9.76. The van der Waals surface area contributed by atoms with Crippen LogP contribution in [0.25, 0.3) is 0 Å². The van der Waals surface area contributed by atoms with Crippen LogP contribution in [-0.2, 0) is 10.9 Å². The van der Waals surface area contributed by atoms with Crippen molar-refractivity contribution >= 4 is 38.9 Å². The molecule has 20 heavy (non-hydrogen) atoms. The summed E-state index contributed by atoms with van der Waals surface area (Å²) in [4.78, 5) is 14.7. The fourth-order valence-corrected chi connectivity index (χ4v) is 3.12. The molecule has 0 amide bonds. The van der Waals surface area contributed by atoms with E-state index in [1.807, 2.05) is 6.07 Å². The Bertz CT molecular complexity index is 751. The van der Waals surface area contributed by atoms with Crippen LogP contribution in [0.2, 0.25) is 0 Å². The van der Waals surface area contributed by atoms with E-state index in [4.69, 9.17) is 10.4 Å². The summed E-state index contributed by atoms with van der Waals surface area (Å²) in [6, 6.07) is 7.66. The molecule has 2 aromatic rings. The van der Waals surface area contributed by atoms with Crippen LogP contribution in [0.5, 0.6) is 0 Å². The van der Waals surface area contributed by atoms with Gasteiger partial charge in [0.15, 0.2) is 5.69 Å². The summed E-state index contributed by atoms with van der Waals surface area (Å²) >= 11 is 0.904. The van der Waals surface area contributed by atoms with Crippen molar-refractivity contribution in [1.29, 1.82) is 5.26 Å². The summed E-state index contributed by atoms with van der Waals surface area (Å²) in [5.41, 5.74) is 1.54. The molecular weight excluding hydrogens is 302 g/mol. The van der Waals surface area contributed by atoms with Gasteiger partial charge in [0.05, 0.1) is 22.8 Å². The minimum absolute atomic E-state index is 0.00156. The molecule has 0 bridgehead atoms. The summed E-state index contributed by atoms with van der Waals surface area (Å²) in [5.74, 6) is -1.31. The summed E-state index contributed by atoms with van der Waals surface area (Å²) in [6.45, 7) is 0. The molecule has 0 spiro atoms. The Hall–Kier alpha value is -2.44. The fraction of sp³-hybridized carbons (Fsp3) is 0. The molecule has 102 valence electrons. The standard InChI is InChI=1S/C11H7N3O4S2/c12-5-7-1-3-8(4-2-7)14(20(17)18)10-9(11(15)16)13-6-19-10/h1-4,6,20H,(H,15,16). The van der Waals surface area contributed by atoms with E-state index < -0.39 is 16.9 Å². The number of hydrogen-bond donors (Lipinski definition) is 2. The SMILES string of the molecule is N#Cc1ccc(N(c2scnc2C(=O)O)[SH](=O)=O)cc1. The van der Waals surface area contributed by atoms with Crippen molar-refractivity contribution in [2.45, 2.75) is 0 Å². The van der Waals surface area contributed by atoms with Gasteiger partial charge in [0.1, 0.15) is 5.00 Å². The number of rotatable bonds is 4. The van der Waals surface area contributed by atoms with Crippen molar-refractivity contribution in [1.82, 2.24) is 4.98 Å². The molecule has 1 aromatic carbocycles. The van der Waals surface area contributed by atoms with Gasteiger partial charge in [-0.1, -0.05) is 0 Å². The number of nitriles is 1. The molecule has 1 N–H and O–H groups in total. The zero-order valence-corrected chi connectivity index (χ0v) is 11.5. The largest absolute Gasteiger partial charge is 0.476 e. The number of anilines is 2. The van der Waals surface area contributed by atoms with Crippen molar-refractivity contribution < 1.29 is 18.3 Å². The van der Waals surface area contributed by atoms with Crippen LogP contribution in [0, 0.1) is 11.3 Å². The predicted octanol–water partition coefficient (Wildman–Crippen LogP) is 1.38. The van der Waals surface area contributed by atoms with Crippen LogP contribution in [0.4, 0.5) is 10.7 Å². The van der Waals surface area contributed by atoms with Crippen LogP contribution in [0.15, 0.2) is 29.8 Å². The Labute approximate surface area is 119 Å². The van der Waals surface area contributed by atoms with Crippen molar-refractivity contribution in [2.75, 3.05) is 4.31 Å². The molecule has 0 radical (unpaired) electrons. The average Bonchev–Trinajstić information content (AvgIpc) is 2.88. The van der Waals surface area contributed by atoms with Gasteiger partial charge in [0.25, 0.3) is 0 Å². The van der Waals surface area contributed by atoms with Crippen LogP contribution >= 0.6 is 11.3 Å². The summed E-state index contributed by atoms with van der Waals surface area (Å²) in [7, 11) is -3.09. The molecule has 0 saturated heterocycles. The lowest BCUT2D eigenvalue weighted by molar-refractivity contribution is 0.0692. The monoisotopic (exact) mass is 309 g/mol. The van der Waals surface area contributed by atoms with Crippen LogP contribution < -0.4 is 4.31 Å². The molecule has 0 aliphatic heterocycles. The topological polar surface area (TPSA) is 111 Å². The Morgan fingerprint density at radius 3 is 2.50 bits per heavy atom. The number of hydrogen-bond acceptors (Lipinski definition) is 6. The lowest BCUT2D eigenvalue weighted by Crippen LogP contribution is -2.16. The molecule has 9 heteroatoms. The number of thiazole rings is 1. The Morgan fingerprint density at radius 1 is 1.35 bits per heavy atom. The first-order valence-corrected chi connectivity index (χ1v) is 7.17. The summed E-state index contributed by atoms with van der Waals surface area (Å²) < 4.78 is 23.7. The number of aromatic nitrogens is 1. The van der Waals surface area contributed by atoms with E-state index in [1.165, 1.54) is 29.8 Å². The second kappa shape index (κ2) is 5.68. The highest BCUT2D eigenvalue weighted by molar-refractivity contribution is 7.74. The first-order valence-electron chi connectivity index (χ1n) is 5.16. The summed E-state index contributed by atoms with van der Waals surface area (Å²) in [6.07, 6.45) is 0. The maximum absolute atomic E-state index is 11.4. The highest BCUT2D eigenvalue weighted by Gasteiger charge is 2.22. The van der Waals surface area contributed by atoms with Gasteiger partial charge in [-0.25, -0.2) is 22.5 Å². The van der Waals surface area contributed by atoms with E-state index in [0.717, 1.165) is 15.6 Å². The molecular formula is C11H7N3O4S2. The smallest absolute Gasteiger partial charge is 0.357 e. The van der Waals surface area contributed by atoms with Crippen LogP contribution in [-0.4, -0.2) is 24.5 Å². The molecule has 0 fully saturated rings. The Kier molecular flexibility index (Phi) is 3.97. The first kappa shape index (κ1) is 14.0. The van der Waals surface area contributed by atoms with Gasteiger partial charge < -0.3 is 5.11 Å². The molecule has 0 aliphatic carbocycles. The normalized spacial score (nSPS) is 10.2. The number of carboxylic acid groups (broad SMARTS) is 1. The molecule has 0 atom stereocenters. The molecule has 0 aliphatic rings. The second-order valence-electron chi connectivity index (χ2n) is 3.52. The third-order valence-corrected chi connectivity index (χ3v) is 4.05. The van der Waals surface area contributed by atoms with Crippen molar-refractivity contribution in [3.05, 3.63) is 41.0 Å². The van der Waals surface area contributed by atoms with Gasteiger partial charge in [0, 0.05) is 0 Å². The predicted molar refractivity (Wildman–Crippen MR) is 72.7 cm³/mol. The minimum Gasteiger partial charge on any atom is -0.476 e. The van der Waals surface area contributed by atoms with E-state index in [0.29, 0.717) is 5.56 Å². The Balaban J connectivity index is 2.54. The van der Waals surface area contributed by atoms with E-state index in [-0.39, 0.29) is 16.4 Å². The van der Waals surface area contributed by atoms with E-state index in [2.05, 4.69) is 4.98 Å². The van der Waals surface area contributed by atoms with Gasteiger partial charge >= 0.3 is 5.97 Å². The van der Waals surface area contributed by atoms with Crippen molar-refractivity contribution in [3.63, 3.8) is 0 Å². The number of carboxylic acids is 1. The van der Waals surface area contributed by atoms with Crippen LogP contribution in [0.1, 0.15) is 16.1 Å². The van der Waals surface area contributed by atoms with Gasteiger partial charge in [-0.05, 0) is 24.3 Å². The number of nitrogens with zero attached hydrogens (tertiary/aromatic N) is 3. The maximum atomic E-state index is 11.4. The molecule has 0 saturated carbocycles. The highest BCUT2D eigenvalue weighted by Crippen LogP contribution is 2.32. The van der Waals surface area contributed by atoms with E-state index >= 15 is 0 Å². The highest BCUT2D eigenvalue weighted by atomic mass is 32.2. The van der Waals surface area contributed by atoms with Gasteiger partial charge in [-0.2, -0.15) is 5.26 Å². The first-order chi connectivity index (χ1) is 9.54. The molecule has 0 unspecified atom stereocenters. The lowest BCUT2D eigenvalue weighted by atomic mass is 10.2. The Morgan fingerprint density at radius 2 is 2.00 bits per heavy atom. The van der Waals surface area contributed by atoms with Gasteiger partial charge in [-0.3, -0.25) is 0 Å². The van der Waals surface area contributed by atoms with Gasteiger partial charge in [-0.15, -0.1) is 11.3 Å². The number of benzene rings is 1. The minimum atomic E-state index is -3.09. The van der Waals surface area contributed by atoms with Gasteiger partial charge in [0.2, 0.25) is 10.9 Å². The third kappa shape index (κ3) is 2.61. The second-order valence-corrected chi connectivity index (χ2v) is 5.23. The quantitative estimate of drug-likeness (QED) is 0.825. The third-order valence-electron chi connectivity index (χ3n) is 2.35. The maximum Gasteiger partial charge on any atom is 0.357 e. The number of carbonyl (C=O) groups is 1. The lowest BCUT2D eigenvalue weighted by Gasteiger charge is -2.15. The molecule has 1 aromatic heterocycles. The zero-order chi connectivity index (χ0) is 14.7. The molecule has 2 rings (SSSR count). The van der Waals surface area contributed by atoms with Crippen molar-refractivity contribution in [3.8, 4) is 6.07 Å². The fourth-order valence-electron chi connectivity index (χ4n) is 1.50.